The monoisotopic (exact) mass is 292 g/mol. The molecule has 0 aromatic heterocycles. The molecule has 1 fully saturated rings. The van der Waals surface area contributed by atoms with E-state index in [-0.39, 0.29) is 11.8 Å². The molecule has 1 aliphatic heterocycles. The van der Waals surface area contributed by atoms with E-state index >= 15 is 0 Å². The molecule has 0 spiro atoms. The van der Waals surface area contributed by atoms with Gasteiger partial charge in [0.25, 0.3) is 11.8 Å². The SMILES string of the molecule is C=CCC1(CC=C)C(=O)N(CC(C)C)N(CC(C)C)C1=O. The van der Waals surface area contributed by atoms with Crippen molar-refractivity contribution in [3.05, 3.63) is 25.3 Å². The summed E-state index contributed by atoms with van der Waals surface area (Å²) < 4.78 is 0. The molecule has 4 nitrogen and oxygen atoms in total. The van der Waals surface area contributed by atoms with E-state index in [0.29, 0.717) is 37.8 Å². The zero-order chi connectivity index (χ0) is 16.2. The van der Waals surface area contributed by atoms with E-state index < -0.39 is 5.41 Å². The molecule has 118 valence electrons. The molecule has 0 unspecified atom stereocenters. The van der Waals surface area contributed by atoms with Crippen molar-refractivity contribution < 1.29 is 9.59 Å². The van der Waals surface area contributed by atoms with E-state index in [0.717, 1.165) is 0 Å². The van der Waals surface area contributed by atoms with Gasteiger partial charge in [0.2, 0.25) is 0 Å². The first-order valence-electron chi connectivity index (χ1n) is 7.65. The Hall–Kier alpha value is -1.58. The van der Waals surface area contributed by atoms with Crippen LogP contribution in [0.25, 0.3) is 0 Å². The zero-order valence-corrected chi connectivity index (χ0v) is 13.8. The minimum atomic E-state index is -1.03. The molecule has 0 aromatic carbocycles. The average molecular weight is 292 g/mol. The van der Waals surface area contributed by atoms with Gasteiger partial charge in [-0.15, -0.1) is 13.2 Å². The van der Waals surface area contributed by atoms with Crippen LogP contribution in [0, 0.1) is 17.3 Å². The third-order valence-corrected chi connectivity index (χ3v) is 3.64. The van der Waals surface area contributed by atoms with Gasteiger partial charge in [-0.3, -0.25) is 19.6 Å². The summed E-state index contributed by atoms with van der Waals surface area (Å²) in [4.78, 5) is 25.8. The van der Waals surface area contributed by atoms with Crippen LogP contribution in [0.2, 0.25) is 0 Å². The maximum absolute atomic E-state index is 12.9. The van der Waals surface area contributed by atoms with Crippen LogP contribution < -0.4 is 0 Å². The number of allylic oxidation sites excluding steroid dienone is 2. The van der Waals surface area contributed by atoms with E-state index in [1.807, 2.05) is 27.7 Å². The van der Waals surface area contributed by atoms with Gasteiger partial charge in [-0.05, 0) is 24.7 Å². The Bertz CT molecular complexity index is 387. The van der Waals surface area contributed by atoms with Crippen molar-refractivity contribution in [3.8, 4) is 0 Å². The number of hydrogen-bond donors (Lipinski definition) is 0. The topological polar surface area (TPSA) is 40.6 Å². The van der Waals surface area contributed by atoms with Crippen molar-refractivity contribution in [1.82, 2.24) is 10.0 Å². The van der Waals surface area contributed by atoms with E-state index in [2.05, 4.69) is 13.2 Å². The second kappa shape index (κ2) is 6.92. The second-order valence-electron chi connectivity index (χ2n) is 6.63. The minimum Gasteiger partial charge on any atom is -0.272 e. The molecule has 1 rings (SSSR count). The fraction of sp³-hybridized carbons (Fsp3) is 0.647. The Morgan fingerprint density at radius 1 is 0.905 bits per heavy atom. The highest BCUT2D eigenvalue weighted by Crippen LogP contribution is 2.39. The van der Waals surface area contributed by atoms with Gasteiger partial charge in [0.15, 0.2) is 0 Å². The highest BCUT2D eigenvalue weighted by Gasteiger charge is 2.56. The second-order valence-corrected chi connectivity index (χ2v) is 6.63. The highest BCUT2D eigenvalue weighted by atomic mass is 16.2. The summed E-state index contributed by atoms with van der Waals surface area (Å²) >= 11 is 0. The van der Waals surface area contributed by atoms with Crippen LogP contribution in [-0.4, -0.2) is 34.9 Å². The Balaban J connectivity index is 3.23. The van der Waals surface area contributed by atoms with Crippen molar-refractivity contribution in [3.63, 3.8) is 0 Å². The molecule has 1 heterocycles. The fourth-order valence-corrected chi connectivity index (χ4v) is 2.78. The van der Waals surface area contributed by atoms with Gasteiger partial charge in [0, 0.05) is 13.1 Å². The van der Waals surface area contributed by atoms with Gasteiger partial charge in [0.1, 0.15) is 5.41 Å². The van der Waals surface area contributed by atoms with Crippen LogP contribution in [0.4, 0.5) is 0 Å². The quantitative estimate of drug-likeness (QED) is 0.509. The minimum absolute atomic E-state index is 0.110. The maximum atomic E-state index is 12.9. The number of rotatable bonds is 8. The Morgan fingerprint density at radius 3 is 1.48 bits per heavy atom. The summed E-state index contributed by atoms with van der Waals surface area (Å²) in [6.07, 6.45) is 4.04. The van der Waals surface area contributed by atoms with Crippen LogP contribution >= 0.6 is 0 Å². The van der Waals surface area contributed by atoms with Crippen LogP contribution in [-0.2, 0) is 9.59 Å². The molecule has 0 aliphatic carbocycles. The highest BCUT2D eigenvalue weighted by molar-refractivity contribution is 6.10. The van der Waals surface area contributed by atoms with Crippen LogP contribution in [0.1, 0.15) is 40.5 Å². The fourth-order valence-electron chi connectivity index (χ4n) is 2.78. The molecular weight excluding hydrogens is 264 g/mol. The lowest BCUT2D eigenvalue weighted by Crippen LogP contribution is -2.44. The molecule has 1 aliphatic rings. The summed E-state index contributed by atoms with van der Waals surface area (Å²) in [6.45, 7) is 16.8. The van der Waals surface area contributed by atoms with Crippen LogP contribution in [0.3, 0.4) is 0 Å². The first kappa shape index (κ1) is 17.5. The van der Waals surface area contributed by atoms with Crippen LogP contribution in [0.15, 0.2) is 25.3 Å². The smallest absolute Gasteiger partial charge is 0.257 e. The number of amides is 2. The molecule has 1 saturated heterocycles. The normalized spacial score (nSPS) is 18.0. The maximum Gasteiger partial charge on any atom is 0.257 e. The zero-order valence-electron chi connectivity index (χ0n) is 13.8. The lowest BCUT2D eigenvalue weighted by atomic mass is 9.80. The Morgan fingerprint density at radius 2 is 1.24 bits per heavy atom. The lowest BCUT2D eigenvalue weighted by molar-refractivity contribution is -0.148. The molecule has 2 amide bonds. The summed E-state index contributed by atoms with van der Waals surface area (Å²) in [5.74, 6) is 0.391. The van der Waals surface area contributed by atoms with Crippen molar-refractivity contribution >= 4 is 11.8 Å². The molecular formula is C17H28N2O2. The van der Waals surface area contributed by atoms with Gasteiger partial charge >= 0.3 is 0 Å². The average Bonchev–Trinajstić information content (AvgIpc) is 2.55. The van der Waals surface area contributed by atoms with Gasteiger partial charge in [-0.1, -0.05) is 39.8 Å². The Kier molecular flexibility index (Phi) is 5.76. The summed E-state index contributed by atoms with van der Waals surface area (Å²) in [6, 6.07) is 0. The van der Waals surface area contributed by atoms with Gasteiger partial charge in [-0.25, -0.2) is 0 Å². The van der Waals surface area contributed by atoms with E-state index in [4.69, 9.17) is 0 Å². The Labute approximate surface area is 128 Å². The number of carbonyl (C=O) groups is 2. The van der Waals surface area contributed by atoms with Crippen molar-refractivity contribution in [2.75, 3.05) is 13.1 Å². The first-order chi connectivity index (χ1) is 9.80. The van der Waals surface area contributed by atoms with E-state index in [1.165, 1.54) is 0 Å². The molecule has 0 radical (unpaired) electrons. The number of hydrogen-bond acceptors (Lipinski definition) is 2. The van der Waals surface area contributed by atoms with Gasteiger partial charge in [0.05, 0.1) is 0 Å². The van der Waals surface area contributed by atoms with E-state index in [9.17, 15) is 9.59 Å². The first-order valence-corrected chi connectivity index (χ1v) is 7.65. The number of carbonyl (C=O) groups excluding carboxylic acids is 2. The molecule has 0 saturated carbocycles. The van der Waals surface area contributed by atoms with Crippen LogP contribution in [0.5, 0.6) is 0 Å². The third kappa shape index (κ3) is 3.36. The van der Waals surface area contributed by atoms with Gasteiger partial charge in [-0.2, -0.15) is 0 Å². The predicted molar refractivity (Wildman–Crippen MR) is 85.2 cm³/mol. The molecule has 4 heteroatoms. The molecule has 0 atom stereocenters. The molecule has 0 N–H and O–H groups in total. The molecule has 21 heavy (non-hydrogen) atoms. The van der Waals surface area contributed by atoms with Crippen molar-refractivity contribution in [2.45, 2.75) is 40.5 Å². The van der Waals surface area contributed by atoms with Gasteiger partial charge < -0.3 is 0 Å². The lowest BCUT2D eigenvalue weighted by Gasteiger charge is -2.30. The molecule has 0 aromatic rings. The standard InChI is InChI=1S/C17H28N2O2/c1-7-9-17(10-8-2)15(20)18(11-13(3)4)19(16(17)21)12-14(5)6/h7-8,13-14H,1-2,9-12H2,3-6H3. The largest absolute Gasteiger partial charge is 0.272 e. The molecule has 0 bridgehead atoms. The van der Waals surface area contributed by atoms with Crippen molar-refractivity contribution in [2.24, 2.45) is 17.3 Å². The number of hydrazine groups is 1. The summed E-state index contributed by atoms with van der Waals surface area (Å²) in [7, 11) is 0. The summed E-state index contributed by atoms with van der Waals surface area (Å²) in [5, 5.41) is 3.28. The van der Waals surface area contributed by atoms with Crippen molar-refractivity contribution in [1.29, 1.82) is 0 Å². The van der Waals surface area contributed by atoms with E-state index in [1.54, 1.807) is 22.2 Å². The number of nitrogens with zero attached hydrogens (tertiary/aromatic N) is 2. The predicted octanol–water partition coefficient (Wildman–Crippen LogP) is 3.02. The summed E-state index contributed by atoms with van der Waals surface area (Å²) in [5.41, 5.74) is -1.03. The third-order valence-electron chi connectivity index (χ3n) is 3.64.